The lowest BCUT2D eigenvalue weighted by molar-refractivity contribution is 0.170. The molecule has 2 aromatic carbocycles. The molecule has 122 valence electrons. The van der Waals surface area contributed by atoms with Crippen molar-refractivity contribution in [1.29, 1.82) is 0 Å². The Morgan fingerprint density at radius 3 is 1.83 bits per heavy atom. The van der Waals surface area contributed by atoms with Crippen molar-refractivity contribution in [3.8, 4) is 11.5 Å². The molecule has 0 unspecified atom stereocenters. The zero-order valence-electron chi connectivity index (χ0n) is 13.0. The Morgan fingerprint density at radius 2 is 1.43 bits per heavy atom. The first-order valence-electron chi connectivity index (χ1n) is 7.94. The zero-order chi connectivity index (χ0) is 16.6. The lowest BCUT2D eigenvalue weighted by atomic mass is 9.54. The molecule has 2 aromatic rings. The third kappa shape index (κ3) is 2.90. The molecule has 3 rings (SSSR count). The Labute approximate surface area is 146 Å². The summed E-state index contributed by atoms with van der Waals surface area (Å²) in [4.78, 5) is 0. The largest absolute Gasteiger partial charge is 0.506 e. The first-order chi connectivity index (χ1) is 11.0. The van der Waals surface area contributed by atoms with Gasteiger partial charge in [0.15, 0.2) is 0 Å². The van der Waals surface area contributed by atoms with Crippen LogP contribution in [-0.2, 0) is 5.41 Å². The van der Waals surface area contributed by atoms with E-state index in [0.29, 0.717) is 16.0 Å². The first-order valence-corrected chi connectivity index (χ1v) is 8.70. The normalized spacial score (nSPS) is 17.0. The summed E-state index contributed by atoms with van der Waals surface area (Å²) in [5, 5.41) is 20.1. The number of rotatable bonds is 4. The predicted molar refractivity (Wildman–Crippen MR) is 94.6 cm³/mol. The topological polar surface area (TPSA) is 40.5 Å². The minimum atomic E-state index is -0.144. The van der Waals surface area contributed by atoms with E-state index in [1.807, 2.05) is 24.3 Å². The van der Waals surface area contributed by atoms with Crippen LogP contribution in [-0.4, -0.2) is 10.2 Å². The molecule has 23 heavy (non-hydrogen) atoms. The van der Waals surface area contributed by atoms with Crippen molar-refractivity contribution in [3.63, 3.8) is 0 Å². The summed E-state index contributed by atoms with van der Waals surface area (Å²) in [7, 11) is 0. The van der Waals surface area contributed by atoms with E-state index in [4.69, 9.17) is 23.2 Å². The van der Waals surface area contributed by atoms with Gasteiger partial charge in [-0.15, -0.1) is 0 Å². The zero-order valence-corrected chi connectivity index (χ0v) is 14.5. The van der Waals surface area contributed by atoms with E-state index in [2.05, 4.69) is 6.92 Å². The van der Waals surface area contributed by atoms with Crippen molar-refractivity contribution < 1.29 is 10.2 Å². The number of hydrogen-bond donors (Lipinski definition) is 2. The van der Waals surface area contributed by atoms with Crippen molar-refractivity contribution in [2.24, 2.45) is 5.92 Å². The second-order valence-corrected chi connectivity index (χ2v) is 7.29. The third-order valence-corrected chi connectivity index (χ3v) is 5.58. The van der Waals surface area contributed by atoms with Crippen LogP contribution >= 0.6 is 23.2 Å². The summed E-state index contributed by atoms with van der Waals surface area (Å²) >= 11 is 12.3. The molecule has 1 fully saturated rings. The van der Waals surface area contributed by atoms with Crippen LogP contribution in [0.25, 0.3) is 0 Å². The fourth-order valence-corrected chi connectivity index (χ4v) is 4.15. The molecule has 0 spiro atoms. The van der Waals surface area contributed by atoms with Gasteiger partial charge in [0, 0.05) is 5.41 Å². The van der Waals surface area contributed by atoms with E-state index >= 15 is 0 Å². The Hall–Kier alpha value is -1.38. The molecule has 1 aliphatic rings. The van der Waals surface area contributed by atoms with Crippen molar-refractivity contribution in [1.82, 2.24) is 0 Å². The highest BCUT2D eigenvalue weighted by molar-refractivity contribution is 6.32. The Bertz CT molecular complexity index is 668. The van der Waals surface area contributed by atoms with E-state index in [0.717, 1.165) is 24.0 Å². The number of aromatic hydroxyl groups is 2. The lowest BCUT2D eigenvalue weighted by Crippen LogP contribution is -2.42. The minimum Gasteiger partial charge on any atom is -0.506 e. The number of benzene rings is 2. The van der Waals surface area contributed by atoms with E-state index in [-0.39, 0.29) is 16.9 Å². The molecule has 2 N–H and O–H groups in total. The fourth-order valence-electron chi connectivity index (χ4n) is 3.79. The number of halogens is 2. The molecule has 2 nitrogen and oxygen atoms in total. The van der Waals surface area contributed by atoms with Gasteiger partial charge in [0.2, 0.25) is 0 Å². The Morgan fingerprint density at radius 1 is 0.957 bits per heavy atom. The molecule has 0 heterocycles. The first kappa shape index (κ1) is 16.5. The van der Waals surface area contributed by atoms with Gasteiger partial charge in [-0.2, -0.15) is 0 Å². The average Bonchev–Trinajstić information content (AvgIpc) is 2.48. The van der Waals surface area contributed by atoms with Crippen molar-refractivity contribution in [2.45, 2.75) is 38.0 Å². The molecular weight excluding hydrogens is 331 g/mol. The molecular formula is C19H20Cl2O2. The molecule has 0 radical (unpaired) electrons. The van der Waals surface area contributed by atoms with E-state index in [9.17, 15) is 10.2 Å². The van der Waals surface area contributed by atoms with Crippen molar-refractivity contribution in [3.05, 3.63) is 57.6 Å². The average molecular weight is 351 g/mol. The minimum absolute atomic E-state index is 0.0961. The Balaban J connectivity index is 2.04. The molecule has 0 atom stereocenters. The van der Waals surface area contributed by atoms with Gasteiger partial charge in [-0.25, -0.2) is 0 Å². The molecule has 0 saturated heterocycles. The fraction of sp³-hybridized carbons (Fsp3) is 0.368. The predicted octanol–water partition coefficient (Wildman–Crippen LogP) is 5.90. The quantitative estimate of drug-likeness (QED) is 0.720. The lowest BCUT2D eigenvalue weighted by Gasteiger charge is -2.49. The van der Waals surface area contributed by atoms with Gasteiger partial charge in [-0.1, -0.05) is 55.1 Å². The van der Waals surface area contributed by atoms with E-state index in [1.54, 1.807) is 12.1 Å². The van der Waals surface area contributed by atoms with Crippen molar-refractivity contribution >= 4 is 23.2 Å². The van der Waals surface area contributed by atoms with E-state index in [1.165, 1.54) is 12.8 Å². The molecule has 1 saturated carbocycles. The van der Waals surface area contributed by atoms with Crippen LogP contribution in [0.1, 0.15) is 43.7 Å². The van der Waals surface area contributed by atoms with Gasteiger partial charge in [0.1, 0.15) is 11.5 Å². The van der Waals surface area contributed by atoms with Crippen molar-refractivity contribution in [2.75, 3.05) is 0 Å². The molecule has 0 aliphatic heterocycles. The van der Waals surface area contributed by atoms with Gasteiger partial charge in [0.05, 0.1) is 10.0 Å². The maximum absolute atomic E-state index is 9.70. The summed E-state index contributed by atoms with van der Waals surface area (Å²) in [6.45, 7) is 2.20. The van der Waals surface area contributed by atoms with Crippen LogP contribution in [0.5, 0.6) is 11.5 Å². The molecule has 0 aromatic heterocycles. The van der Waals surface area contributed by atoms with Crippen LogP contribution in [0, 0.1) is 5.92 Å². The highest BCUT2D eigenvalue weighted by Crippen LogP contribution is 2.55. The maximum atomic E-state index is 9.70. The molecule has 4 heteroatoms. The summed E-state index contributed by atoms with van der Waals surface area (Å²) in [6.07, 6.45) is 4.44. The third-order valence-electron chi connectivity index (χ3n) is 4.97. The summed E-state index contributed by atoms with van der Waals surface area (Å²) in [5.41, 5.74) is 2.04. The second-order valence-electron chi connectivity index (χ2n) is 6.48. The monoisotopic (exact) mass is 350 g/mol. The summed E-state index contributed by atoms with van der Waals surface area (Å²) in [5.74, 6) is 0.873. The van der Waals surface area contributed by atoms with Gasteiger partial charge in [-0.3, -0.25) is 0 Å². The van der Waals surface area contributed by atoms with Crippen LogP contribution in [0.3, 0.4) is 0 Å². The van der Waals surface area contributed by atoms with Gasteiger partial charge < -0.3 is 10.2 Å². The highest BCUT2D eigenvalue weighted by atomic mass is 35.5. The summed E-state index contributed by atoms with van der Waals surface area (Å²) < 4.78 is 0. The molecule has 1 aliphatic carbocycles. The van der Waals surface area contributed by atoms with Crippen LogP contribution in [0.4, 0.5) is 0 Å². The Kier molecular flexibility index (Phi) is 4.48. The molecule has 0 bridgehead atoms. The highest BCUT2D eigenvalue weighted by Gasteiger charge is 2.46. The number of hydrogen-bond acceptors (Lipinski definition) is 2. The second kappa shape index (κ2) is 6.26. The number of phenolic OH excluding ortho intramolecular Hbond substituents is 2. The standard InChI is InChI=1S/C19H20Cl2O2/c1-2-3-12-10-19(11-12,13-4-6-17(22)15(20)8-13)14-5-7-18(23)16(21)9-14/h4-9,12,22-23H,2-3,10-11H2,1H3. The van der Waals surface area contributed by atoms with Crippen LogP contribution < -0.4 is 0 Å². The SMILES string of the molecule is CCCC1CC(c2ccc(O)c(Cl)c2)(c2ccc(O)c(Cl)c2)C1. The van der Waals surface area contributed by atoms with Gasteiger partial charge in [0.25, 0.3) is 0 Å². The van der Waals surface area contributed by atoms with Gasteiger partial charge >= 0.3 is 0 Å². The van der Waals surface area contributed by atoms with Crippen LogP contribution in [0.2, 0.25) is 10.0 Å². The van der Waals surface area contributed by atoms with E-state index < -0.39 is 0 Å². The smallest absolute Gasteiger partial charge is 0.134 e. The summed E-state index contributed by atoms with van der Waals surface area (Å²) in [6, 6.07) is 10.9. The van der Waals surface area contributed by atoms with Gasteiger partial charge in [-0.05, 0) is 54.2 Å². The molecule has 0 amide bonds. The van der Waals surface area contributed by atoms with Crippen LogP contribution in [0.15, 0.2) is 36.4 Å². The number of phenols is 2. The maximum Gasteiger partial charge on any atom is 0.134 e.